The molecule has 0 heterocycles. The van der Waals surface area contributed by atoms with Crippen molar-refractivity contribution in [2.24, 2.45) is 5.41 Å². The number of unbranched alkanes of at least 4 members (excludes halogenated alkanes) is 2. The van der Waals surface area contributed by atoms with Crippen molar-refractivity contribution in [1.82, 2.24) is 5.32 Å². The van der Waals surface area contributed by atoms with Gasteiger partial charge in [0.1, 0.15) is 5.41 Å². The maximum atomic E-state index is 12.6. The van der Waals surface area contributed by atoms with Crippen LogP contribution in [0.15, 0.2) is 24.3 Å². The fraction of sp³-hybridized carbons (Fsp3) is 0.526. The highest BCUT2D eigenvalue weighted by Crippen LogP contribution is 2.22. The third kappa shape index (κ3) is 5.89. The molecular formula is C19H28N2O4. The van der Waals surface area contributed by atoms with Gasteiger partial charge in [-0.15, -0.1) is 0 Å². The second kappa shape index (κ2) is 9.81. The molecule has 0 saturated carbocycles. The molecule has 0 unspecified atom stereocenters. The summed E-state index contributed by atoms with van der Waals surface area (Å²) >= 11 is 0. The lowest BCUT2D eigenvalue weighted by Gasteiger charge is -2.23. The molecule has 25 heavy (non-hydrogen) atoms. The summed E-state index contributed by atoms with van der Waals surface area (Å²) in [4.78, 5) is 36.9. The van der Waals surface area contributed by atoms with Gasteiger partial charge in [-0.3, -0.25) is 9.59 Å². The van der Waals surface area contributed by atoms with Crippen molar-refractivity contribution >= 4 is 23.5 Å². The predicted molar refractivity (Wildman–Crippen MR) is 97.3 cm³/mol. The number of esters is 1. The van der Waals surface area contributed by atoms with E-state index >= 15 is 0 Å². The molecule has 0 aliphatic rings. The third-order valence-electron chi connectivity index (χ3n) is 3.87. The minimum Gasteiger partial charge on any atom is -0.462 e. The highest BCUT2D eigenvalue weighted by Gasteiger charge is 2.36. The predicted octanol–water partition coefficient (Wildman–Crippen LogP) is 3.13. The largest absolute Gasteiger partial charge is 0.462 e. The first-order valence-corrected chi connectivity index (χ1v) is 8.70. The number of para-hydroxylation sites is 1. The second-order valence-corrected chi connectivity index (χ2v) is 6.31. The smallest absolute Gasteiger partial charge is 0.340 e. The van der Waals surface area contributed by atoms with E-state index in [9.17, 15) is 14.4 Å². The van der Waals surface area contributed by atoms with Crippen LogP contribution in [0.2, 0.25) is 0 Å². The van der Waals surface area contributed by atoms with Crippen molar-refractivity contribution in [3.8, 4) is 0 Å². The molecular weight excluding hydrogens is 320 g/mol. The fourth-order valence-electron chi connectivity index (χ4n) is 2.16. The minimum absolute atomic E-state index is 0.243. The molecule has 2 N–H and O–H groups in total. The summed E-state index contributed by atoms with van der Waals surface area (Å²) in [6.07, 6.45) is 2.97. The van der Waals surface area contributed by atoms with Crippen LogP contribution in [-0.2, 0) is 14.3 Å². The molecule has 0 radical (unpaired) electrons. The van der Waals surface area contributed by atoms with Crippen LogP contribution in [0.5, 0.6) is 0 Å². The van der Waals surface area contributed by atoms with E-state index in [-0.39, 0.29) is 18.1 Å². The number of rotatable bonds is 9. The first-order chi connectivity index (χ1) is 11.8. The molecule has 0 aliphatic heterocycles. The Morgan fingerprint density at radius 1 is 1.04 bits per heavy atom. The van der Waals surface area contributed by atoms with E-state index in [0.717, 1.165) is 19.3 Å². The van der Waals surface area contributed by atoms with Crippen molar-refractivity contribution in [2.75, 3.05) is 18.5 Å². The number of hydrogen-bond donors (Lipinski definition) is 2. The third-order valence-corrected chi connectivity index (χ3v) is 3.87. The average molecular weight is 348 g/mol. The van der Waals surface area contributed by atoms with Gasteiger partial charge in [0.2, 0.25) is 11.8 Å². The summed E-state index contributed by atoms with van der Waals surface area (Å²) in [5.74, 6) is -1.33. The summed E-state index contributed by atoms with van der Waals surface area (Å²) in [5, 5.41) is 5.46. The molecule has 0 fully saturated rings. The fourth-order valence-corrected chi connectivity index (χ4v) is 2.16. The molecule has 0 atom stereocenters. The normalized spacial score (nSPS) is 10.9. The molecule has 0 saturated heterocycles. The van der Waals surface area contributed by atoms with Gasteiger partial charge in [0.15, 0.2) is 0 Å². The molecule has 1 aromatic rings. The molecule has 6 nitrogen and oxygen atoms in total. The topological polar surface area (TPSA) is 84.5 Å². The van der Waals surface area contributed by atoms with Crippen LogP contribution >= 0.6 is 0 Å². The zero-order valence-electron chi connectivity index (χ0n) is 15.5. The summed E-state index contributed by atoms with van der Waals surface area (Å²) < 4.78 is 4.99. The van der Waals surface area contributed by atoms with Crippen LogP contribution in [-0.4, -0.2) is 30.9 Å². The van der Waals surface area contributed by atoms with Gasteiger partial charge >= 0.3 is 5.97 Å². The zero-order valence-corrected chi connectivity index (χ0v) is 15.5. The van der Waals surface area contributed by atoms with E-state index in [1.807, 2.05) is 0 Å². The Bertz CT molecular complexity index is 611. The van der Waals surface area contributed by atoms with Crippen molar-refractivity contribution < 1.29 is 19.1 Å². The van der Waals surface area contributed by atoms with Crippen LogP contribution in [0, 0.1) is 5.41 Å². The molecule has 1 aromatic carbocycles. The zero-order chi connectivity index (χ0) is 18.9. The maximum absolute atomic E-state index is 12.6. The Labute approximate surface area is 149 Å². The molecule has 0 aromatic heterocycles. The van der Waals surface area contributed by atoms with Gasteiger partial charge in [-0.1, -0.05) is 31.9 Å². The van der Waals surface area contributed by atoms with E-state index in [4.69, 9.17) is 4.74 Å². The average Bonchev–Trinajstić information content (AvgIpc) is 2.59. The number of amides is 2. The van der Waals surface area contributed by atoms with Crippen molar-refractivity contribution in [3.63, 3.8) is 0 Å². The SMILES string of the molecule is CCCCCNC(=O)C(C)(C)C(=O)Nc1ccccc1C(=O)OCC. The number of carbonyl (C=O) groups is 3. The monoisotopic (exact) mass is 348 g/mol. The molecule has 6 heteroatoms. The van der Waals surface area contributed by atoms with E-state index in [1.165, 1.54) is 0 Å². The van der Waals surface area contributed by atoms with Gasteiger partial charge in [-0.25, -0.2) is 4.79 Å². The van der Waals surface area contributed by atoms with Crippen LogP contribution in [0.4, 0.5) is 5.69 Å². The molecule has 138 valence electrons. The van der Waals surface area contributed by atoms with Gasteiger partial charge in [-0.2, -0.15) is 0 Å². The van der Waals surface area contributed by atoms with Crippen molar-refractivity contribution in [3.05, 3.63) is 29.8 Å². The summed E-state index contributed by atoms with van der Waals surface area (Å²) in [6, 6.07) is 6.58. The first-order valence-electron chi connectivity index (χ1n) is 8.70. The standard InChI is InChI=1S/C19H28N2O4/c1-5-7-10-13-20-17(23)19(3,4)18(24)21-15-12-9-8-11-14(15)16(22)25-6-2/h8-9,11-12H,5-7,10,13H2,1-4H3,(H,20,23)(H,21,24). The Hall–Kier alpha value is -2.37. The summed E-state index contributed by atoms with van der Waals surface area (Å²) in [7, 11) is 0. The number of nitrogens with one attached hydrogen (secondary N) is 2. The van der Waals surface area contributed by atoms with Crippen molar-refractivity contribution in [1.29, 1.82) is 0 Å². The summed E-state index contributed by atoms with van der Waals surface area (Å²) in [6.45, 7) is 7.70. The van der Waals surface area contributed by atoms with E-state index in [0.29, 0.717) is 12.2 Å². The summed E-state index contributed by atoms with van der Waals surface area (Å²) in [5.41, 5.74) is -0.664. The molecule has 0 spiro atoms. The lowest BCUT2D eigenvalue weighted by molar-refractivity contribution is -0.138. The van der Waals surface area contributed by atoms with Crippen LogP contribution in [0.1, 0.15) is 57.3 Å². The quantitative estimate of drug-likeness (QED) is 0.408. The van der Waals surface area contributed by atoms with Gasteiger partial charge in [-0.05, 0) is 39.3 Å². The molecule has 1 rings (SSSR count). The van der Waals surface area contributed by atoms with Crippen LogP contribution in [0.25, 0.3) is 0 Å². The van der Waals surface area contributed by atoms with Gasteiger partial charge in [0.25, 0.3) is 0 Å². The lowest BCUT2D eigenvalue weighted by atomic mass is 9.90. The van der Waals surface area contributed by atoms with Crippen LogP contribution in [0.3, 0.4) is 0 Å². The minimum atomic E-state index is -1.26. The highest BCUT2D eigenvalue weighted by atomic mass is 16.5. The van der Waals surface area contributed by atoms with Crippen LogP contribution < -0.4 is 10.6 Å². The van der Waals surface area contributed by atoms with Gasteiger partial charge in [0, 0.05) is 6.54 Å². The number of carbonyl (C=O) groups excluding carboxylic acids is 3. The van der Waals surface area contributed by atoms with E-state index < -0.39 is 17.3 Å². The Morgan fingerprint density at radius 3 is 2.36 bits per heavy atom. The lowest BCUT2D eigenvalue weighted by Crippen LogP contribution is -2.45. The Balaban J connectivity index is 2.80. The first kappa shape index (κ1) is 20.7. The molecule has 0 bridgehead atoms. The van der Waals surface area contributed by atoms with Gasteiger partial charge < -0.3 is 15.4 Å². The molecule has 2 amide bonds. The van der Waals surface area contributed by atoms with E-state index in [2.05, 4.69) is 17.6 Å². The number of anilines is 1. The Morgan fingerprint density at radius 2 is 1.72 bits per heavy atom. The van der Waals surface area contributed by atoms with E-state index in [1.54, 1.807) is 45.0 Å². The Kier molecular flexibility index (Phi) is 8.11. The highest BCUT2D eigenvalue weighted by molar-refractivity contribution is 6.11. The molecule has 0 aliphatic carbocycles. The maximum Gasteiger partial charge on any atom is 0.340 e. The number of hydrogen-bond acceptors (Lipinski definition) is 4. The second-order valence-electron chi connectivity index (χ2n) is 6.31. The number of ether oxygens (including phenoxy) is 1. The van der Waals surface area contributed by atoms with Crippen molar-refractivity contribution in [2.45, 2.75) is 47.0 Å². The van der Waals surface area contributed by atoms with Gasteiger partial charge in [0.05, 0.1) is 17.9 Å². The number of benzene rings is 1.